The summed E-state index contributed by atoms with van der Waals surface area (Å²) in [7, 11) is 0. The van der Waals surface area contributed by atoms with E-state index in [0.29, 0.717) is 0 Å². The van der Waals surface area contributed by atoms with Crippen molar-refractivity contribution in [3.63, 3.8) is 0 Å². The fourth-order valence-corrected chi connectivity index (χ4v) is 3.56. The van der Waals surface area contributed by atoms with Crippen LogP contribution >= 0.6 is 11.3 Å². The number of allylic oxidation sites excluding steroid dienone is 1. The zero-order valence-corrected chi connectivity index (χ0v) is 13.8. The topological polar surface area (TPSA) is 42.2 Å². The van der Waals surface area contributed by atoms with E-state index in [-0.39, 0.29) is 0 Å². The molecule has 24 heavy (non-hydrogen) atoms. The molecule has 0 fully saturated rings. The number of nitrogens with one attached hydrogen (secondary N) is 1. The van der Waals surface area contributed by atoms with Gasteiger partial charge in [-0.05, 0) is 18.2 Å². The first-order valence-corrected chi connectivity index (χ1v) is 8.50. The van der Waals surface area contributed by atoms with Crippen LogP contribution < -0.4 is 5.43 Å². The van der Waals surface area contributed by atoms with Crippen molar-refractivity contribution in [2.45, 2.75) is 6.54 Å². The summed E-state index contributed by atoms with van der Waals surface area (Å²) in [6.07, 6.45) is 5.83. The van der Waals surface area contributed by atoms with E-state index >= 15 is 0 Å². The molecule has 0 aliphatic rings. The maximum absolute atomic E-state index is 4.52. The van der Waals surface area contributed by atoms with Gasteiger partial charge in [-0.1, -0.05) is 47.7 Å². The molecule has 5 heteroatoms. The van der Waals surface area contributed by atoms with Gasteiger partial charge in [-0.25, -0.2) is 4.98 Å². The number of para-hydroxylation sites is 2. The second-order valence-corrected chi connectivity index (χ2v) is 6.43. The van der Waals surface area contributed by atoms with E-state index in [9.17, 15) is 0 Å². The molecule has 0 amide bonds. The quantitative estimate of drug-likeness (QED) is 0.321. The molecular formula is C19H16N4S. The fraction of sp³-hybridized carbons (Fsp3) is 0.0526. The lowest BCUT2D eigenvalue weighted by Crippen LogP contribution is -1.91. The molecule has 0 atom stereocenters. The summed E-state index contributed by atoms with van der Waals surface area (Å²) in [6, 6.07) is 16.4. The first-order chi connectivity index (χ1) is 11.8. The van der Waals surface area contributed by atoms with E-state index in [1.165, 1.54) is 10.9 Å². The van der Waals surface area contributed by atoms with Crippen LogP contribution in [-0.4, -0.2) is 15.8 Å². The number of thiazole rings is 1. The van der Waals surface area contributed by atoms with Gasteiger partial charge in [0.1, 0.15) is 0 Å². The van der Waals surface area contributed by atoms with Crippen LogP contribution in [-0.2, 0) is 6.54 Å². The minimum Gasteiger partial charge on any atom is -0.343 e. The molecule has 2 aromatic carbocycles. The third kappa shape index (κ3) is 2.70. The summed E-state index contributed by atoms with van der Waals surface area (Å²) in [5.41, 5.74) is 6.27. The van der Waals surface area contributed by atoms with E-state index in [1.807, 2.05) is 42.6 Å². The first kappa shape index (κ1) is 14.7. The van der Waals surface area contributed by atoms with Gasteiger partial charge >= 0.3 is 0 Å². The van der Waals surface area contributed by atoms with Crippen molar-refractivity contribution in [3.05, 3.63) is 72.9 Å². The van der Waals surface area contributed by atoms with E-state index in [4.69, 9.17) is 0 Å². The molecule has 0 aliphatic carbocycles. The molecule has 4 nitrogen and oxygen atoms in total. The van der Waals surface area contributed by atoms with Crippen LogP contribution in [0.5, 0.6) is 0 Å². The third-order valence-electron chi connectivity index (χ3n) is 3.80. The Morgan fingerprint density at radius 2 is 2.00 bits per heavy atom. The van der Waals surface area contributed by atoms with Crippen molar-refractivity contribution < 1.29 is 0 Å². The molecule has 0 saturated carbocycles. The Morgan fingerprint density at radius 3 is 2.88 bits per heavy atom. The van der Waals surface area contributed by atoms with Gasteiger partial charge in [0.2, 0.25) is 5.13 Å². The molecule has 118 valence electrons. The van der Waals surface area contributed by atoms with Crippen LogP contribution in [0.15, 0.2) is 72.5 Å². The lowest BCUT2D eigenvalue weighted by Gasteiger charge is -1.98. The van der Waals surface area contributed by atoms with Gasteiger partial charge in [0.15, 0.2) is 0 Å². The number of hydrogen-bond donors (Lipinski definition) is 1. The summed E-state index contributed by atoms with van der Waals surface area (Å²) in [5.74, 6) is 0. The lowest BCUT2D eigenvalue weighted by atomic mass is 10.2. The molecule has 0 aliphatic heterocycles. The minimum absolute atomic E-state index is 0.777. The fourth-order valence-electron chi connectivity index (χ4n) is 2.75. The van der Waals surface area contributed by atoms with Crippen molar-refractivity contribution in [1.82, 2.24) is 9.55 Å². The monoisotopic (exact) mass is 332 g/mol. The molecule has 0 spiro atoms. The van der Waals surface area contributed by atoms with Gasteiger partial charge in [-0.15, -0.1) is 6.58 Å². The number of anilines is 1. The highest BCUT2D eigenvalue weighted by Gasteiger charge is 2.05. The minimum atomic E-state index is 0.777. The highest BCUT2D eigenvalue weighted by molar-refractivity contribution is 7.22. The van der Waals surface area contributed by atoms with E-state index < -0.39 is 0 Å². The Balaban J connectivity index is 1.61. The highest BCUT2D eigenvalue weighted by Crippen LogP contribution is 2.25. The summed E-state index contributed by atoms with van der Waals surface area (Å²) in [6.45, 7) is 4.60. The van der Waals surface area contributed by atoms with Gasteiger partial charge in [0.05, 0.1) is 16.4 Å². The van der Waals surface area contributed by atoms with Crippen molar-refractivity contribution in [2.75, 3.05) is 5.43 Å². The predicted molar refractivity (Wildman–Crippen MR) is 103 cm³/mol. The predicted octanol–water partition coefficient (Wildman–Crippen LogP) is 4.88. The lowest BCUT2D eigenvalue weighted by molar-refractivity contribution is 0.865. The van der Waals surface area contributed by atoms with E-state index in [1.54, 1.807) is 11.3 Å². The number of hydrazone groups is 1. The van der Waals surface area contributed by atoms with Crippen LogP contribution in [0.2, 0.25) is 0 Å². The van der Waals surface area contributed by atoms with Crippen molar-refractivity contribution in [3.8, 4) is 0 Å². The van der Waals surface area contributed by atoms with E-state index in [0.717, 1.165) is 27.5 Å². The number of hydrogen-bond acceptors (Lipinski definition) is 4. The van der Waals surface area contributed by atoms with Gasteiger partial charge in [-0.2, -0.15) is 5.10 Å². The summed E-state index contributed by atoms with van der Waals surface area (Å²) in [4.78, 5) is 4.52. The Labute approximate surface area is 143 Å². The zero-order valence-electron chi connectivity index (χ0n) is 13.0. The van der Waals surface area contributed by atoms with Crippen LogP contribution in [0.4, 0.5) is 5.13 Å². The molecule has 2 aromatic heterocycles. The third-order valence-corrected chi connectivity index (χ3v) is 4.74. The molecule has 0 saturated heterocycles. The van der Waals surface area contributed by atoms with Gasteiger partial charge in [-0.3, -0.25) is 5.43 Å². The van der Waals surface area contributed by atoms with Crippen molar-refractivity contribution >= 4 is 43.8 Å². The van der Waals surface area contributed by atoms with Crippen molar-refractivity contribution in [1.29, 1.82) is 0 Å². The average molecular weight is 332 g/mol. The second-order valence-electron chi connectivity index (χ2n) is 5.40. The van der Waals surface area contributed by atoms with E-state index in [2.05, 4.69) is 51.1 Å². The highest BCUT2D eigenvalue weighted by atomic mass is 32.1. The Kier molecular flexibility index (Phi) is 3.84. The van der Waals surface area contributed by atoms with Gasteiger partial charge in [0, 0.05) is 29.2 Å². The number of benzene rings is 2. The molecule has 0 bridgehead atoms. The maximum atomic E-state index is 4.52. The zero-order chi connectivity index (χ0) is 16.4. The van der Waals surface area contributed by atoms with Crippen molar-refractivity contribution in [2.24, 2.45) is 5.10 Å². The normalized spacial score (nSPS) is 11.5. The Hall–Kier alpha value is -2.92. The molecular weight excluding hydrogens is 316 g/mol. The Morgan fingerprint density at radius 1 is 1.17 bits per heavy atom. The van der Waals surface area contributed by atoms with Crippen LogP contribution in [0, 0.1) is 0 Å². The molecule has 4 aromatic rings. The Bertz CT molecular complexity index is 1010. The second kappa shape index (κ2) is 6.29. The number of rotatable bonds is 5. The maximum Gasteiger partial charge on any atom is 0.204 e. The molecule has 0 unspecified atom stereocenters. The number of nitrogens with zero attached hydrogens (tertiary/aromatic N) is 3. The van der Waals surface area contributed by atoms with Gasteiger partial charge in [0.25, 0.3) is 0 Å². The molecule has 1 N–H and O–H groups in total. The van der Waals surface area contributed by atoms with Crippen LogP contribution in [0.3, 0.4) is 0 Å². The molecule has 4 rings (SSSR count). The van der Waals surface area contributed by atoms with Gasteiger partial charge < -0.3 is 4.57 Å². The average Bonchev–Trinajstić information content (AvgIpc) is 3.17. The summed E-state index contributed by atoms with van der Waals surface area (Å²) >= 11 is 1.59. The number of aromatic nitrogens is 2. The summed E-state index contributed by atoms with van der Waals surface area (Å²) < 4.78 is 3.32. The largest absolute Gasteiger partial charge is 0.343 e. The first-order valence-electron chi connectivity index (χ1n) is 7.68. The molecule has 2 heterocycles. The van der Waals surface area contributed by atoms with Crippen LogP contribution in [0.25, 0.3) is 21.1 Å². The molecule has 0 radical (unpaired) electrons. The SMILES string of the molecule is C=CCn1cc(/C=N/Nc2nc3ccccc3s2)c2ccccc21. The standard InChI is InChI=1S/C19H16N4S/c1-2-11-23-13-14(15-7-3-5-9-17(15)23)12-20-22-19-21-16-8-4-6-10-18(16)24-19/h2-10,12-13H,1,11H2,(H,21,22)/b20-12+. The summed E-state index contributed by atoms with van der Waals surface area (Å²) in [5, 5.41) is 6.33. The number of fused-ring (bicyclic) bond motifs is 2. The van der Waals surface area contributed by atoms with Crippen LogP contribution in [0.1, 0.15) is 5.56 Å². The smallest absolute Gasteiger partial charge is 0.204 e.